The molecule has 3 aromatic rings. The fraction of sp³-hybridized carbons (Fsp3) is 0.350. The molecule has 0 unspecified atom stereocenters. The van der Waals surface area contributed by atoms with E-state index in [4.69, 9.17) is 0 Å². The number of aromatic nitrogens is 6. The second-order valence-corrected chi connectivity index (χ2v) is 7.60. The average Bonchev–Trinajstić information content (AvgIpc) is 3.41. The lowest BCUT2D eigenvalue weighted by Crippen LogP contribution is -2.47. The Bertz CT molecular complexity index is 1040. The summed E-state index contributed by atoms with van der Waals surface area (Å²) in [5, 5.41) is 29.6. The summed E-state index contributed by atoms with van der Waals surface area (Å²) < 4.78 is 16.5. The van der Waals surface area contributed by atoms with Gasteiger partial charge in [0.25, 0.3) is 0 Å². The number of phenols is 1. The fourth-order valence-corrected chi connectivity index (χ4v) is 4.28. The number of alkyl halides is 1. The van der Waals surface area contributed by atoms with Crippen molar-refractivity contribution in [2.45, 2.75) is 37.5 Å². The maximum atomic E-state index is 14.8. The average molecular weight is 393 g/mol. The van der Waals surface area contributed by atoms with Crippen LogP contribution in [0.4, 0.5) is 4.39 Å². The number of halogens is 1. The molecule has 0 spiro atoms. The predicted molar refractivity (Wildman–Crippen MR) is 104 cm³/mol. The summed E-state index contributed by atoms with van der Waals surface area (Å²) in [4.78, 5) is 4.35. The van der Waals surface area contributed by atoms with Gasteiger partial charge in [0.05, 0.1) is 11.9 Å². The van der Waals surface area contributed by atoms with Crippen molar-refractivity contribution in [3.63, 3.8) is 0 Å². The molecule has 2 saturated heterocycles. The first-order chi connectivity index (χ1) is 14.1. The molecule has 0 amide bonds. The van der Waals surface area contributed by atoms with Gasteiger partial charge in [-0.1, -0.05) is 6.58 Å². The van der Waals surface area contributed by atoms with Crippen molar-refractivity contribution in [1.29, 1.82) is 0 Å². The summed E-state index contributed by atoms with van der Waals surface area (Å²) in [6.45, 7) is 4.06. The highest BCUT2D eigenvalue weighted by Crippen LogP contribution is 2.39. The minimum atomic E-state index is -0.987. The molecule has 2 aromatic heterocycles. The summed E-state index contributed by atoms with van der Waals surface area (Å²) in [6, 6.07) is 5.36. The van der Waals surface area contributed by atoms with E-state index in [1.54, 1.807) is 29.4 Å². The molecule has 5 rings (SSSR count). The third-order valence-corrected chi connectivity index (χ3v) is 5.85. The molecular weight excluding hydrogens is 373 g/mol. The number of hydrogen-bond acceptors (Lipinski definition) is 7. The van der Waals surface area contributed by atoms with Gasteiger partial charge in [0.1, 0.15) is 30.3 Å². The highest BCUT2D eigenvalue weighted by atomic mass is 19.1. The third kappa shape index (κ3) is 3.17. The van der Waals surface area contributed by atoms with Crippen LogP contribution in [0, 0.1) is 5.92 Å². The third-order valence-electron chi connectivity index (χ3n) is 5.85. The van der Waals surface area contributed by atoms with E-state index in [0.717, 1.165) is 18.5 Å². The number of hydrogen-bond donors (Lipinski definition) is 2. The number of phenolic OH excluding ortho intramolecular Hbond substituents is 1. The zero-order valence-electron chi connectivity index (χ0n) is 15.6. The molecule has 0 saturated carbocycles. The summed E-state index contributed by atoms with van der Waals surface area (Å²) in [5.41, 5.74) is 2.23. The Labute approximate surface area is 166 Å². The van der Waals surface area contributed by atoms with Gasteiger partial charge in [0.15, 0.2) is 5.82 Å². The largest absolute Gasteiger partial charge is 0.507 e. The van der Waals surface area contributed by atoms with Gasteiger partial charge in [-0.25, -0.2) is 9.37 Å². The normalized spacial score (nSPS) is 25.8. The van der Waals surface area contributed by atoms with E-state index in [9.17, 15) is 9.50 Å². The lowest BCUT2D eigenvalue weighted by molar-refractivity contribution is 0.167. The van der Waals surface area contributed by atoms with Gasteiger partial charge in [0.2, 0.25) is 0 Å². The van der Waals surface area contributed by atoms with Crippen molar-refractivity contribution in [3.8, 4) is 22.7 Å². The van der Waals surface area contributed by atoms with E-state index >= 15 is 0 Å². The van der Waals surface area contributed by atoms with Gasteiger partial charge in [0, 0.05) is 29.6 Å². The van der Waals surface area contributed by atoms with E-state index in [-0.39, 0.29) is 17.7 Å². The Balaban J connectivity index is 1.37. The summed E-state index contributed by atoms with van der Waals surface area (Å²) in [7, 11) is 0. The van der Waals surface area contributed by atoms with Gasteiger partial charge in [-0.2, -0.15) is 0 Å². The van der Waals surface area contributed by atoms with Crippen molar-refractivity contribution in [1.82, 2.24) is 35.3 Å². The number of aromatic hydroxyl groups is 1. The summed E-state index contributed by atoms with van der Waals surface area (Å²) in [6.07, 6.45) is 6.19. The maximum absolute atomic E-state index is 14.8. The van der Waals surface area contributed by atoms with Crippen LogP contribution in [0.3, 0.4) is 0 Å². The first kappa shape index (κ1) is 17.9. The van der Waals surface area contributed by atoms with Crippen LogP contribution < -0.4 is 5.32 Å². The second kappa shape index (κ2) is 7.00. The SMILES string of the molecule is C=C(c1ncc(-c2ccc(-n3cnnc3)cc2O)nn1)[C@H]1C[C@@H]2CC[C@@H](N2)[C@H]1F. The Hall–Kier alpha value is -3.20. The quantitative estimate of drug-likeness (QED) is 0.701. The summed E-state index contributed by atoms with van der Waals surface area (Å²) >= 11 is 0. The van der Waals surface area contributed by atoms with Crippen LogP contribution in [0.5, 0.6) is 5.75 Å². The van der Waals surface area contributed by atoms with Crippen LogP contribution in [0.2, 0.25) is 0 Å². The Morgan fingerprint density at radius 3 is 2.76 bits per heavy atom. The molecule has 4 atom stereocenters. The number of benzene rings is 1. The Kier molecular flexibility index (Phi) is 4.31. The highest BCUT2D eigenvalue weighted by molar-refractivity contribution is 5.68. The molecule has 0 radical (unpaired) electrons. The highest BCUT2D eigenvalue weighted by Gasteiger charge is 2.43. The smallest absolute Gasteiger partial charge is 0.177 e. The zero-order valence-corrected chi connectivity index (χ0v) is 15.6. The molecule has 2 aliphatic heterocycles. The zero-order chi connectivity index (χ0) is 20.0. The Morgan fingerprint density at radius 2 is 2.03 bits per heavy atom. The van der Waals surface area contributed by atoms with E-state index in [1.807, 2.05) is 6.07 Å². The van der Waals surface area contributed by atoms with Crippen LogP contribution in [0.15, 0.2) is 43.6 Å². The van der Waals surface area contributed by atoms with Crippen molar-refractivity contribution in [3.05, 3.63) is 49.5 Å². The van der Waals surface area contributed by atoms with Crippen molar-refractivity contribution < 1.29 is 9.50 Å². The van der Waals surface area contributed by atoms with Crippen molar-refractivity contribution >= 4 is 5.57 Å². The molecule has 1 aromatic carbocycles. The first-order valence-electron chi connectivity index (χ1n) is 9.57. The number of nitrogens with zero attached hydrogens (tertiary/aromatic N) is 6. The molecule has 2 N–H and O–H groups in total. The molecule has 2 aliphatic rings. The van der Waals surface area contributed by atoms with Crippen molar-refractivity contribution in [2.75, 3.05) is 0 Å². The minimum absolute atomic E-state index is 0.0395. The Morgan fingerprint density at radius 1 is 1.21 bits per heavy atom. The minimum Gasteiger partial charge on any atom is -0.507 e. The van der Waals surface area contributed by atoms with E-state index in [1.165, 1.54) is 6.20 Å². The molecular formula is C20H20FN7O. The lowest BCUT2D eigenvalue weighted by Gasteiger charge is -2.33. The maximum Gasteiger partial charge on any atom is 0.177 e. The molecule has 0 aliphatic carbocycles. The fourth-order valence-electron chi connectivity index (χ4n) is 4.28. The topological polar surface area (TPSA) is 102 Å². The number of fused-ring (bicyclic) bond motifs is 2. The number of nitrogens with one attached hydrogen (secondary N) is 1. The van der Waals surface area contributed by atoms with Crippen LogP contribution >= 0.6 is 0 Å². The van der Waals surface area contributed by atoms with Crippen molar-refractivity contribution in [2.24, 2.45) is 5.92 Å². The molecule has 9 heteroatoms. The van der Waals surface area contributed by atoms with E-state index in [0.29, 0.717) is 35.1 Å². The lowest BCUT2D eigenvalue weighted by atomic mass is 9.84. The van der Waals surface area contributed by atoms with Crippen LogP contribution in [-0.2, 0) is 0 Å². The van der Waals surface area contributed by atoms with Crippen LogP contribution in [0.1, 0.15) is 25.1 Å². The second-order valence-electron chi connectivity index (χ2n) is 7.60. The number of allylic oxidation sites excluding steroid dienone is 1. The molecule has 2 bridgehead atoms. The number of rotatable bonds is 4. The number of piperidine rings is 1. The molecule has 2 fully saturated rings. The van der Waals surface area contributed by atoms with Gasteiger partial charge in [-0.3, -0.25) is 4.57 Å². The van der Waals surface area contributed by atoms with Gasteiger partial charge in [-0.15, -0.1) is 20.4 Å². The van der Waals surface area contributed by atoms with Crippen LogP contribution in [-0.4, -0.2) is 53.3 Å². The molecule has 29 heavy (non-hydrogen) atoms. The van der Waals surface area contributed by atoms with E-state index in [2.05, 4.69) is 37.3 Å². The van der Waals surface area contributed by atoms with E-state index < -0.39 is 6.17 Å². The van der Waals surface area contributed by atoms with Gasteiger partial charge >= 0.3 is 0 Å². The monoisotopic (exact) mass is 393 g/mol. The summed E-state index contributed by atoms with van der Waals surface area (Å²) in [5.74, 6) is 0.0961. The molecule has 8 nitrogen and oxygen atoms in total. The standard InChI is InChI=1S/C20H20FN7O/c1-11(15-6-12-2-5-16(25-12)19(15)21)20-22-8-17(26-27-20)14-4-3-13(7-18(14)29)28-9-23-24-10-28/h3-4,7-10,12,15-16,19,25,29H,1-2,5-6H2/t12-,15+,16+,19-/m0/s1. The predicted octanol–water partition coefficient (Wildman–Crippen LogP) is 2.32. The molecule has 4 heterocycles. The first-order valence-corrected chi connectivity index (χ1v) is 9.57. The van der Waals surface area contributed by atoms with Crippen LogP contribution in [0.25, 0.3) is 22.5 Å². The van der Waals surface area contributed by atoms with Gasteiger partial charge < -0.3 is 10.4 Å². The molecule has 148 valence electrons. The van der Waals surface area contributed by atoms with Gasteiger partial charge in [-0.05, 0) is 37.0 Å².